The summed E-state index contributed by atoms with van der Waals surface area (Å²) in [4.78, 5) is 11.8. The highest BCUT2D eigenvalue weighted by molar-refractivity contribution is 6.31. The van der Waals surface area contributed by atoms with Crippen LogP contribution in [0.25, 0.3) is 0 Å². The number of amides is 1. The summed E-state index contributed by atoms with van der Waals surface area (Å²) in [5.41, 5.74) is 2.13. The van der Waals surface area contributed by atoms with Gasteiger partial charge in [-0.05, 0) is 42.7 Å². The summed E-state index contributed by atoms with van der Waals surface area (Å²) in [6.45, 7) is 6.62. The van der Waals surface area contributed by atoms with E-state index in [2.05, 4.69) is 20.8 Å². The van der Waals surface area contributed by atoms with Crippen LogP contribution in [0.5, 0.6) is 0 Å². The Bertz CT molecular complexity index is 656. The van der Waals surface area contributed by atoms with Crippen molar-refractivity contribution >= 4 is 29.0 Å². The standard InChI is InChI=1S/C16H19ClN4O/c1-10(2)9-18-16(22)14-6-7-15(21-20-14)19-12-5-4-11(3)13(17)8-12/h4-8,10H,9H2,1-3H3,(H,18,22)(H,19,21). The Labute approximate surface area is 135 Å². The number of hydrogen-bond donors (Lipinski definition) is 2. The zero-order chi connectivity index (χ0) is 16.1. The molecule has 0 aliphatic carbocycles. The molecule has 5 nitrogen and oxygen atoms in total. The van der Waals surface area contributed by atoms with Crippen LogP contribution in [-0.4, -0.2) is 22.6 Å². The molecule has 2 N–H and O–H groups in total. The van der Waals surface area contributed by atoms with Crippen LogP contribution in [0.3, 0.4) is 0 Å². The molecular weight excluding hydrogens is 300 g/mol. The van der Waals surface area contributed by atoms with Crippen LogP contribution in [0.2, 0.25) is 5.02 Å². The number of hydrogen-bond acceptors (Lipinski definition) is 4. The molecule has 22 heavy (non-hydrogen) atoms. The maximum Gasteiger partial charge on any atom is 0.271 e. The maximum atomic E-state index is 11.8. The lowest BCUT2D eigenvalue weighted by atomic mass is 10.2. The van der Waals surface area contributed by atoms with E-state index in [1.165, 1.54) is 0 Å². The van der Waals surface area contributed by atoms with Crippen molar-refractivity contribution in [3.05, 3.63) is 46.6 Å². The highest BCUT2D eigenvalue weighted by atomic mass is 35.5. The van der Waals surface area contributed by atoms with E-state index in [1.54, 1.807) is 12.1 Å². The zero-order valence-corrected chi connectivity index (χ0v) is 13.6. The second kappa shape index (κ2) is 7.22. The van der Waals surface area contributed by atoms with Crippen molar-refractivity contribution in [3.63, 3.8) is 0 Å². The molecule has 0 saturated heterocycles. The van der Waals surface area contributed by atoms with Crippen LogP contribution in [0, 0.1) is 12.8 Å². The van der Waals surface area contributed by atoms with Crippen molar-refractivity contribution in [2.75, 3.05) is 11.9 Å². The first kappa shape index (κ1) is 16.2. The van der Waals surface area contributed by atoms with Gasteiger partial charge in [0.15, 0.2) is 11.5 Å². The number of rotatable bonds is 5. The first-order valence-corrected chi connectivity index (χ1v) is 7.48. The van der Waals surface area contributed by atoms with E-state index in [9.17, 15) is 4.79 Å². The van der Waals surface area contributed by atoms with Gasteiger partial charge in [0.1, 0.15) is 0 Å². The van der Waals surface area contributed by atoms with E-state index in [-0.39, 0.29) is 5.91 Å². The Morgan fingerprint density at radius 1 is 1.23 bits per heavy atom. The van der Waals surface area contributed by atoms with Gasteiger partial charge in [-0.2, -0.15) is 0 Å². The first-order chi connectivity index (χ1) is 10.5. The van der Waals surface area contributed by atoms with Crippen LogP contribution in [0.15, 0.2) is 30.3 Å². The number of halogens is 1. The molecule has 116 valence electrons. The highest BCUT2D eigenvalue weighted by Gasteiger charge is 2.08. The predicted molar refractivity (Wildman–Crippen MR) is 88.7 cm³/mol. The fourth-order valence-electron chi connectivity index (χ4n) is 1.73. The summed E-state index contributed by atoms with van der Waals surface area (Å²) in [7, 11) is 0. The van der Waals surface area contributed by atoms with Crippen LogP contribution < -0.4 is 10.6 Å². The summed E-state index contributed by atoms with van der Waals surface area (Å²) in [6.07, 6.45) is 0. The largest absolute Gasteiger partial charge is 0.350 e. The number of anilines is 2. The zero-order valence-electron chi connectivity index (χ0n) is 12.9. The molecular formula is C16H19ClN4O. The van der Waals surface area contributed by atoms with E-state index in [0.29, 0.717) is 29.0 Å². The molecule has 0 spiro atoms. The lowest BCUT2D eigenvalue weighted by Crippen LogP contribution is -2.28. The number of aryl methyl sites for hydroxylation is 1. The summed E-state index contributed by atoms with van der Waals surface area (Å²) in [5, 5.41) is 14.5. The van der Waals surface area contributed by atoms with Crippen LogP contribution in [-0.2, 0) is 0 Å². The van der Waals surface area contributed by atoms with Crippen molar-refractivity contribution in [2.24, 2.45) is 5.92 Å². The third-order valence-corrected chi connectivity index (χ3v) is 3.42. The molecule has 0 atom stereocenters. The van der Waals surface area contributed by atoms with Gasteiger partial charge < -0.3 is 10.6 Å². The van der Waals surface area contributed by atoms with Gasteiger partial charge in [-0.1, -0.05) is 31.5 Å². The average Bonchev–Trinajstić information content (AvgIpc) is 2.49. The molecule has 2 aromatic rings. The number of aromatic nitrogens is 2. The minimum absolute atomic E-state index is 0.217. The average molecular weight is 319 g/mol. The molecule has 1 amide bonds. The third-order valence-electron chi connectivity index (χ3n) is 3.01. The minimum atomic E-state index is -0.217. The molecule has 0 bridgehead atoms. The van der Waals surface area contributed by atoms with Crippen LogP contribution >= 0.6 is 11.6 Å². The molecule has 2 rings (SSSR count). The van der Waals surface area contributed by atoms with Gasteiger partial charge in [0, 0.05) is 17.3 Å². The van der Waals surface area contributed by atoms with Gasteiger partial charge in [0.05, 0.1) is 0 Å². The third kappa shape index (κ3) is 4.43. The number of carbonyl (C=O) groups is 1. The van der Waals surface area contributed by atoms with Gasteiger partial charge in [-0.3, -0.25) is 4.79 Å². The lowest BCUT2D eigenvalue weighted by Gasteiger charge is -2.08. The van der Waals surface area contributed by atoms with Crippen molar-refractivity contribution in [1.82, 2.24) is 15.5 Å². The van der Waals surface area contributed by atoms with E-state index < -0.39 is 0 Å². The molecule has 0 aliphatic rings. The molecule has 0 fully saturated rings. The number of nitrogens with one attached hydrogen (secondary N) is 2. The molecule has 0 aliphatic heterocycles. The van der Waals surface area contributed by atoms with E-state index >= 15 is 0 Å². The molecule has 0 radical (unpaired) electrons. The topological polar surface area (TPSA) is 66.9 Å². The van der Waals surface area contributed by atoms with Gasteiger partial charge >= 0.3 is 0 Å². The van der Waals surface area contributed by atoms with Gasteiger partial charge in [0.2, 0.25) is 0 Å². The smallest absolute Gasteiger partial charge is 0.271 e. The number of nitrogens with zero attached hydrogens (tertiary/aromatic N) is 2. The number of carbonyl (C=O) groups excluding carboxylic acids is 1. The van der Waals surface area contributed by atoms with Gasteiger partial charge in [-0.25, -0.2) is 0 Å². The SMILES string of the molecule is Cc1ccc(Nc2ccc(C(=O)NCC(C)C)nn2)cc1Cl. The Hall–Kier alpha value is -2.14. The first-order valence-electron chi connectivity index (χ1n) is 7.11. The van der Waals surface area contributed by atoms with Crippen LogP contribution in [0.1, 0.15) is 29.9 Å². The van der Waals surface area contributed by atoms with Crippen molar-refractivity contribution < 1.29 is 4.79 Å². The van der Waals surface area contributed by atoms with E-state index in [1.807, 2.05) is 39.0 Å². The Morgan fingerprint density at radius 2 is 2.00 bits per heavy atom. The molecule has 0 unspecified atom stereocenters. The van der Waals surface area contributed by atoms with Crippen molar-refractivity contribution in [2.45, 2.75) is 20.8 Å². The van der Waals surface area contributed by atoms with Crippen molar-refractivity contribution in [3.8, 4) is 0 Å². The minimum Gasteiger partial charge on any atom is -0.350 e. The highest BCUT2D eigenvalue weighted by Crippen LogP contribution is 2.22. The molecule has 0 saturated carbocycles. The molecule has 1 aromatic heterocycles. The summed E-state index contributed by atoms with van der Waals surface area (Å²) >= 11 is 6.08. The van der Waals surface area contributed by atoms with Crippen LogP contribution in [0.4, 0.5) is 11.5 Å². The summed E-state index contributed by atoms with van der Waals surface area (Å²) in [6, 6.07) is 9.01. The predicted octanol–water partition coefficient (Wildman–Crippen LogP) is 3.57. The quantitative estimate of drug-likeness (QED) is 0.884. The monoisotopic (exact) mass is 318 g/mol. The number of benzene rings is 1. The van der Waals surface area contributed by atoms with E-state index in [4.69, 9.17) is 11.6 Å². The second-order valence-corrected chi connectivity index (χ2v) is 5.90. The van der Waals surface area contributed by atoms with Gasteiger partial charge in [-0.15, -0.1) is 10.2 Å². The fourth-order valence-corrected chi connectivity index (χ4v) is 1.91. The molecule has 1 heterocycles. The second-order valence-electron chi connectivity index (χ2n) is 5.50. The maximum absolute atomic E-state index is 11.8. The molecule has 6 heteroatoms. The Balaban J connectivity index is 2.02. The Morgan fingerprint density at radius 3 is 2.59 bits per heavy atom. The van der Waals surface area contributed by atoms with E-state index in [0.717, 1.165) is 11.3 Å². The lowest BCUT2D eigenvalue weighted by molar-refractivity contribution is 0.0943. The van der Waals surface area contributed by atoms with Gasteiger partial charge in [0.25, 0.3) is 5.91 Å². The Kier molecular flexibility index (Phi) is 5.33. The summed E-state index contributed by atoms with van der Waals surface area (Å²) < 4.78 is 0. The summed E-state index contributed by atoms with van der Waals surface area (Å²) in [5.74, 6) is 0.732. The molecule has 1 aromatic carbocycles. The fraction of sp³-hybridized carbons (Fsp3) is 0.312. The normalized spacial score (nSPS) is 10.6. The van der Waals surface area contributed by atoms with Crippen molar-refractivity contribution in [1.29, 1.82) is 0 Å².